The Bertz CT molecular complexity index is 1040. The maximum Gasteiger partial charge on any atom is 0.306 e. The number of nitrogens with zero attached hydrogens (tertiary/aromatic N) is 1. The summed E-state index contributed by atoms with van der Waals surface area (Å²) < 4.78 is 6.13. The van der Waals surface area contributed by atoms with Crippen molar-refractivity contribution in [1.29, 1.82) is 0 Å². The molecule has 1 aromatic heterocycles. The Hall–Kier alpha value is -2.92. The van der Waals surface area contributed by atoms with Crippen molar-refractivity contribution in [2.24, 2.45) is 11.8 Å². The van der Waals surface area contributed by atoms with E-state index in [9.17, 15) is 4.79 Å². The molecule has 1 aliphatic carbocycles. The Morgan fingerprint density at radius 2 is 1.87 bits per heavy atom. The van der Waals surface area contributed by atoms with Crippen LogP contribution in [0.5, 0.6) is 5.75 Å². The van der Waals surface area contributed by atoms with Crippen LogP contribution in [0.2, 0.25) is 0 Å². The molecule has 0 radical (unpaired) electrons. The summed E-state index contributed by atoms with van der Waals surface area (Å²) in [7, 11) is 0. The molecule has 1 heterocycles. The molecule has 0 unspecified atom stereocenters. The van der Waals surface area contributed by atoms with Crippen molar-refractivity contribution in [1.82, 2.24) is 10.3 Å². The van der Waals surface area contributed by atoms with Gasteiger partial charge in [0.2, 0.25) is 0 Å². The smallest absolute Gasteiger partial charge is 0.306 e. The first-order valence-corrected chi connectivity index (χ1v) is 11.0. The average Bonchev–Trinajstić information content (AvgIpc) is 2.72. The number of fused-ring (bicyclic) bond motifs is 1. The van der Waals surface area contributed by atoms with Crippen LogP contribution in [0, 0.1) is 11.8 Å². The number of aromatic nitrogens is 1. The Labute approximate surface area is 183 Å². The van der Waals surface area contributed by atoms with E-state index in [1.54, 1.807) is 6.20 Å². The van der Waals surface area contributed by atoms with E-state index < -0.39 is 5.97 Å². The molecule has 31 heavy (non-hydrogen) atoms. The van der Waals surface area contributed by atoms with E-state index in [2.05, 4.69) is 60.5 Å². The molecular formula is C26H30N2O3. The van der Waals surface area contributed by atoms with E-state index in [1.165, 1.54) is 5.56 Å². The van der Waals surface area contributed by atoms with Crippen molar-refractivity contribution in [3.63, 3.8) is 0 Å². The number of carboxylic acids is 1. The Balaban J connectivity index is 1.41. The molecule has 5 nitrogen and oxygen atoms in total. The minimum absolute atomic E-state index is 0.203. The van der Waals surface area contributed by atoms with Gasteiger partial charge in [-0.1, -0.05) is 50.2 Å². The Morgan fingerprint density at radius 3 is 2.58 bits per heavy atom. The van der Waals surface area contributed by atoms with Gasteiger partial charge in [-0.05, 0) is 54.0 Å². The molecule has 2 aromatic carbocycles. The predicted octanol–water partition coefficient (Wildman–Crippen LogP) is 4.97. The summed E-state index contributed by atoms with van der Waals surface area (Å²) in [5, 5.41) is 13.6. The Morgan fingerprint density at radius 1 is 1.13 bits per heavy atom. The number of pyridine rings is 1. The molecule has 1 aliphatic rings. The molecule has 0 aliphatic heterocycles. The van der Waals surface area contributed by atoms with Gasteiger partial charge in [0, 0.05) is 24.2 Å². The van der Waals surface area contributed by atoms with Crippen molar-refractivity contribution in [3.8, 4) is 5.75 Å². The van der Waals surface area contributed by atoms with Crippen molar-refractivity contribution in [2.75, 3.05) is 0 Å². The second-order valence-corrected chi connectivity index (χ2v) is 8.91. The summed E-state index contributed by atoms with van der Waals surface area (Å²) in [5.41, 5.74) is 4.49. The van der Waals surface area contributed by atoms with Crippen LogP contribution in [0.15, 0.2) is 54.7 Å². The van der Waals surface area contributed by atoms with Gasteiger partial charge in [-0.2, -0.15) is 0 Å². The van der Waals surface area contributed by atoms with Crippen LogP contribution in [0.1, 0.15) is 43.4 Å². The van der Waals surface area contributed by atoms with Gasteiger partial charge in [-0.3, -0.25) is 9.78 Å². The standard InChI is InChI=1S/C26H30N2O3/c1-17(2)12-18-5-7-19(8-6-18)16-31-24-10-9-20(23-4-3-11-27-25(23)24)15-28-22-13-21(14-22)26(29)30/h3-11,17,21-22,28H,12-16H2,1-2H3,(H,29,30). The predicted molar refractivity (Wildman–Crippen MR) is 122 cm³/mol. The zero-order valence-corrected chi connectivity index (χ0v) is 18.2. The van der Waals surface area contributed by atoms with Crippen LogP contribution in [0.4, 0.5) is 0 Å². The third-order valence-corrected chi connectivity index (χ3v) is 5.95. The fourth-order valence-electron chi connectivity index (χ4n) is 4.12. The van der Waals surface area contributed by atoms with E-state index >= 15 is 0 Å². The number of aliphatic carboxylic acids is 1. The topological polar surface area (TPSA) is 71.5 Å². The van der Waals surface area contributed by atoms with E-state index in [0.29, 0.717) is 31.9 Å². The highest BCUT2D eigenvalue weighted by Gasteiger charge is 2.33. The van der Waals surface area contributed by atoms with Crippen molar-refractivity contribution >= 4 is 16.9 Å². The molecule has 0 atom stereocenters. The molecule has 5 heteroatoms. The van der Waals surface area contributed by atoms with Gasteiger partial charge in [0.15, 0.2) is 0 Å². The van der Waals surface area contributed by atoms with Crippen LogP contribution >= 0.6 is 0 Å². The van der Waals surface area contributed by atoms with Crippen molar-refractivity contribution in [3.05, 3.63) is 71.4 Å². The maximum absolute atomic E-state index is 11.0. The van der Waals surface area contributed by atoms with E-state index in [1.807, 2.05) is 12.1 Å². The number of hydrogen-bond acceptors (Lipinski definition) is 4. The van der Waals surface area contributed by atoms with Crippen LogP contribution in [-0.4, -0.2) is 22.1 Å². The van der Waals surface area contributed by atoms with Gasteiger partial charge >= 0.3 is 5.97 Å². The number of hydrogen-bond donors (Lipinski definition) is 2. The number of rotatable bonds is 9. The van der Waals surface area contributed by atoms with Gasteiger partial charge in [0.05, 0.1) is 5.92 Å². The number of ether oxygens (including phenoxy) is 1. The molecule has 1 saturated carbocycles. The van der Waals surface area contributed by atoms with Gasteiger partial charge in [0.1, 0.15) is 17.9 Å². The highest BCUT2D eigenvalue weighted by molar-refractivity contribution is 5.87. The summed E-state index contributed by atoms with van der Waals surface area (Å²) in [6, 6.07) is 17.0. The van der Waals surface area contributed by atoms with E-state index in [-0.39, 0.29) is 12.0 Å². The minimum atomic E-state index is -0.691. The molecule has 0 bridgehead atoms. The molecule has 0 amide bonds. The van der Waals surface area contributed by atoms with Crippen molar-refractivity contribution < 1.29 is 14.6 Å². The van der Waals surface area contributed by atoms with Gasteiger partial charge in [-0.25, -0.2) is 0 Å². The zero-order chi connectivity index (χ0) is 21.8. The SMILES string of the molecule is CC(C)Cc1ccc(COc2ccc(CNC3CC(C(=O)O)C3)c3cccnc23)cc1. The molecule has 0 saturated heterocycles. The van der Waals surface area contributed by atoms with E-state index in [0.717, 1.165) is 34.2 Å². The molecule has 162 valence electrons. The lowest BCUT2D eigenvalue weighted by atomic mass is 9.80. The van der Waals surface area contributed by atoms with Crippen LogP contribution in [0.25, 0.3) is 10.9 Å². The van der Waals surface area contributed by atoms with Crippen LogP contribution < -0.4 is 10.1 Å². The summed E-state index contributed by atoms with van der Waals surface area (Å²) in [6.45, 7) is 5.65. The number of carbonyl (C=O) groups is 1. The third-order valence-electron chi connectivity index (χ3n) is 5.95. The van der Waals surface area contributed by atoms with E-state index in [4.69, 9.17) is 9.84 Å². The third kappa shape index (κ3) is 5.23. The minimum Gasteiger partial charge on any atom is -0.487 e. The summed E-state index contributed by atoms with van der Waals surface area (Å²) in [6.07, 6.45) is 4.27. The quantitative estimate of drug-likeness (QED) is 0.514. The highest BCUT2D eigenvalue weighted by atomic mass is 16.5. The first-order valence-electron chi connectivity index (χ1n) is 11.0. The average molecular weight is 419 g/mol. The molecule has 3 aromatic rings. The van der Waals surface area contributed by atoms with Crippen molar-refractivity contribution in [2.45, 2.75) is 52.3 Å². The number of nitrogens with one attached hydrogen (secondary N) is 1. The number of benzene rings is 2. The summed E-state index contributed by atoms with van der Waals surface area (Å²) >= 11 is 0. The lowest BCUT2D eigenvalue weighted by Crippen LogP contribution is -2.43. The highest BCUT2D eigenvalue weighted by Crippen LogP contribution is 2.30. The van der Waals surface area contributed by atoms with Gasteiger partial charge in [0.25, 0.3) is 0 Å². The summed E-state index contributed by atoms with van der Waals surface area (Å²) in [5.74, 6) is 0.533. The van der Waals surface area contributed by atoms with Crippen LogP contribution in [-0.2, 0) is 24.4 Å². The second kappa shape index (κ2) is 9.48. The number of carboxylic acid groups (broad SMARTS) is 1. The Kier molecular flexibility index (Phi) is 6.52. The van der Waals surface area contributed by atoms with Gasteiger partial charge in [-0.15, -0.1) is 0 Å². The molecular weight excluding hydrogens is 388 g/mol. The fourth-order valence-corrected chi connectivity index (χ4v) is 4.12. The first-order chi connectivity index (χ1) is 15.0. The fraction of sp³-hybridized carbons (Fsp3) is 0.385. The first kappa shape index (κ1) is 21.3. The lowest BCUT2D eigenvalue weighted by Gasteiger charge is -2.33. The zero-order valence-electron chi connectivity index (χ0n) is 18.2. The normalized spacial score (nSPS) is 18.2. The molecule has 4 rings (SSSR count). The van der Waals surface area contributed by atoms with Crippen LogP contribution in [0.3, 0.4) is 0 Å². The van der Waals surface area contributed by atoms with Gasteiger partial charge < -0.3 is 15.2 Å². The molecule has 0 spiro atoms. The largest absolute Gasteiger partial charge is 0.487 e. The lowest BCUT2D eigenvalue weighted by molar-refractivity contribution is -0.145. The second-order valence-electron chi connectivity index (χ2n) is 8.91. The molecule has 2 N–H and O–H groups in total. The molecule has 1 fully saturated rings. The summed E-state index contributed by atoms with van der Waals surface area (Å²) in [4.78, 5) is 15.6. The maximum atomic E-state index is 11.0. The monoisotopic (exact) mass is 418 g/mol.